The minimum atomic E-state index is -0.402. The molecule has 2 aromatic carbocycles. The van der Waals surface area contributed by atoms with Crippen LogP contribution in [-0.2, 0) is 0 Å². The molecule has 3 rings (SSSR count). The Kier molecular flexibility index (Phi) is 3.50. The van der Waals surface area contributed by atoms with E-state index in [-0.39, 0.29) is 5.69 Å². The Hall–Kier alpha value is -2.89. The first-order valence-corrected chi connectivity index (χ1v) is 6.96. The van der Waals surface area contributed by atoms with Gasteiger partial charge in [-0.05, 0) is 25.1 Å². The van der Waals surface area contributed by atoms with E-state index in [0.29, 0.717) is 12.1 Å². The van der Waals surface area contributed by atoms with Gasteiger partial charge in [0.05, 0.1) is 28.3 Å². The number of anilines is 1. The zero-order valence-corrected chi connectivity index (χ0v) is 12.3. The van der Waals surface area contributed by atoms with Crippen molar-refractivity contribution in [3.63, 3.8) is 0 Å². The molecule has 0 fully saturated rings. The van der Waals surface area contributed by atoms with E-state index in [1.54, 1.807) is 19.2 Å². The average molecular weight is 297 g/mol. The number of nitro benzene ring substituents is 1. The van der Waals surface area contributed by atoms with Gasteiger partial charge in [-0.3, -0.25) is 10.1 Å². The van der Waals surface area contributed by atoms with Crippen LogP contribution in [0.2, 0.25) is 0 Å². The van der Waals surface area contributed by atoms with Crippen LogP contribution >= 0.6 is 0 Å². The number of nitrogens with one attached hydrogen (secondary N) is 1. The van der Waals surface area contributed by atoms with Crippen molar-refractivity contribution >= 4 is 33.2 Å². The molecule has 6 nitrogen and oxygen atoms in total. The molecule has 0 spiro atoms. The van der Waals surface area contributed by atoms with Gasteiger partial charge in [0.25, 0.3) is 5.69 Å². The summed E-state index contributed by atoms with van der Waals surface area (Å²) in [5.41, 5.74) is 2.37. The molecule has 0 radical (unpaired) electrons. The van der Waals surface area contributed by atoms with E-state index in [2.05, 4.69) is 10.3 Å². The molecule has 0 saturated carbocycles. The van der Waals surface area contributed by atoms with Crippen LogP contribution in [0.25, 0.3) is 21.8 Å². The summed E-state index contributed by atoms with van der Waals surface area (Å²) in [4.78, 5) is 15.2. The summed E-state index contributed by atoms with van der Waals surface area (Å²) in [7, 11) is 1.80. The molecule has 0 atom stereocenters. The van der Waals surface area contributed by atoms with Crippen LogP contribution in [0.3, 0.4) is 0 Å². The predicted molar refractivity (Wildman–Crippen MR) is 86.6 cm³/mol. The molecule has 3 aromatic rings. The second-order valence-corrected chi connectivity index (χ2v) is 4.81. The van der Waals surface area contributed by atoms with Crippen LogP contribution < -0.4 is 10.1 Å². The zero-order chi connectivity index (χ0) is 15.7. The van der Waals surface area contributed by atoms with Gasteiger partial charge in [-0.25, -0.2) is 4.98 Å². The van der Waals surface area contributed by atoms with Crippen molar-refractivity contribution in [2.75, 3.05) is 19.0 Å². The fraction of sp³-hybridized carbons (Fsp3) is 0.188. The van der Waals surface area contributed by atoms with Crippen LogP contribution in [-0.4, -0.2) is 23.6 Å². The van der Waals surface area contributed by atoms with E-state index in [9.17, 15) is 10.1 Å². The highest BCUT2D eigenvalue weighted by Crippen LogP contribution is 2.34. The quantitative estimate of drug-likeness (QED) is 0.451. The minimum Gasteiger partial charge on any atom is -0.494 e. The van der Waals surface area contributed by atoms with E-state index in [1.807, 2.05) is 25.1 Å². The Labute approximate surface area is 126 Å². The lowest BCUT2D eigenvalue weighted by Gasteiger charge is -2.11. The number of benzene rings is 2. The highest BCUT2D eigenvalue weighted by Gasteiger charge is 2.13. The Morgan fingerprint density at radius 2 is 2.00 bits per heavy atom. The monoisotopic (exact) mass is 297 g/mol. The first-order chi connectivity index (χ1) is 10.6. The number of nitrogens with zero attached hydrogens (tertiary/aromatic N) is 2. The molecule has 0 aliphatic heterocycles. The van der Waals surface area contributed by atoms with E-state index in [4.69, 9.17) is 4.74 Å². The van der Waals surface area contributed by atoms with E-state index in [1.165, 1.54) is 6.07 Å². The number of rotatable bonds is 4. The molecule has 0 saturated heterocycles. The summed E-state index contributed by atoms with van der Waals surface area (Å²) in [6, 6.07) is 10.3. The molecule has 1 heterocycles. The smallest absolute Gasteiger partial charge is 0.270 e. The largest absolute Gasteiger partial charge is 0.494 e. The molecule has 0 bridgehead atoms. The molecular formula is C16H15N3O3. The van der Waals surface area contributed by atoms with Gasteiger partial charge in [0.15, 0.2) is 0 Å². The summed E-state index contributed by atoms with van der Waals surface area (Å²) in [6.45, 7) is 2.51. The Morgan fingerprint density at radius 1 is 1.18 bits per heavy atom. The molecule has 0 aliphatic rings. The number of hydrogen-bond donors (Lipinski definition) is 1. The van der Waals surface area contributed by atoms with Gasteiger partial charge < -0.3 is 10.1 Å². The maximum Gasteiger partial charge on any atom is 0.270 e. The molecule has 0 amide bonds. The standard InChI is InChI=1S/C16H15N3O3/c1-3-22-11-5-6-12-15(9-11)18-14-7-4-10(19(20)21)8-13(14)16(12)17-2/h4-9H,3H2,1-2H3,(H,17,18). The fourth-order valence-corrected chi connectivity index (χ4v) is 2.55. The van der Waals surface area contributed by atoms with Gasteiger partial charge in [0.2, 0.25) is 0 Å². The Bertz CT molecular complexity index is 877. The van der Waals surface area contributed by atoms with Crippen molar-refractivity contribution < 1.29 is 9.66 Å². The molecule has 22 heavy (non-hydrogen) atoms. The van der Waals surface area contributed by atoms with Gasteiger partial charge in [0, 0.05) is 36.0 Å². The normalized spacial score (nSPS) is 10.8. The zero-order valence-electron chi connectivity index (χ0n) is 12.3. The van der Waals surface area contributed by atoms with Crippen LogP contribution in [0, 0.1) is 10.1 Å². The number of aromatic nitrogens is 1. The van der Waals surface area contributed by atoms with Crippen molar-refractivity contribution in [3.8, 4) is 5.75 Å². The maximum absolute atomic E-state index is 11.0. The summed E-state index contributed by atoms with van der Waals surface area (Å²) in [5.74, 6) is 0.755. The number of ether oxygens (including phenoxy) is 1. The molecular weight excluding hydrogens is 282 g/mol. The Balaban J connectivity index is 2.32. The van der Waals surface area contributed by atoms with Gasteiger partial charge in [0.1, 0.15) is 5.75 Å². The number of fused-ring (bicyclic) bond motifs is 2. The van der Waals surface area contributed by atoms with Crippen molar-refractivity contribution in [3.05, 3.63) is 46.5 Å². The molecule has 6 heteroatoms. The fourth-order valence-electron chi connectivity index (χ4n) is 2.55. The van der Waals surface area contributed by atoms with Gasteiger partial charge in [-0.15, -0.1) is 0 Å². The van der Waals surface area contributed by atoms with Gasteiger partial charge in [-0.2, -0.15) is 0 Å². The van der Waals surface area contributed by atoms with Crippen molar-refractivity contribution in [2.45, 2.75) is 6.92 Å². The molecule has 112 valence electrons. The molecule has 1 N–H and O–H groups in total. The maximum atomic E-state index is 11.0. The van der Waals surface area contributed by atoms with Gasteiger partial charge in [-0.1, -0.05) is 0 Å². The minimum absolute atomic E-state index is 0.0519. The van der Waals surface area contributed by atoms with E-state index in [0.717, 1.165) is 27.7 Å². The third kappa shape index (κ3) is 2.28. The van der Waals surface area contributed by atoms with Crippen molar-refractivity contribution in [1.82, 2.24) is 4.98 Å². The topological polar surface area (TPSA) is 77.3 Å². The average Bonchev–Trinajstić information content (AvgIpc) is 2.52. The van der Waals surface area contributed by atoms with Crippen LogP contribution in [0.1, 0.15) is 6.92 Å². The lowest BCUT2D eigenvalue weighted by Crippen LogP contribution is -1.97. The van der Waals surface area contributed by atoms with Crippen molar-refractivity contribution in [2.24, 2.45) is 0 Å². The number of nitro groups is 1. The molecule has 1 aromatic heterocycles. The summed E-state index contributed by atoms with van der Waals surface area (Å²) in [6.07, 6.45) is 0. The lowest BCUT2D eigenvalue weighted by atomic mass is 10.1. The number of pyridine rings is 1. The van der Waals surface area contributed by atoms with Gasteiger partial charge >= 0.3 is 0 Å². The predicted octanol–water partition coefficient (Wildman–Crippen LogP) is 3.74. The second kappa shape index (κ2) is 5.48. The highest BCUT2D eigenvalue weighted by molar-refractivity contribution is 6.08. The summed E-state index contributed by atoms with van der Waals surface area (Å²) < 4.78 is 5.50. The molecule has 0 unspecified atom stereocenters. The first-order valence-electron chi connectivity index (χ1n) is 6.96. The first kappa shape index (κ1) is 14.1. The van der Waals surface area contributed by atoms with Crippen LogP contribution in [0.15, 0.2) is 36.4 Å². The van der Waals surface area contributed by atoms with Crippen LogP contribution in [0.5, 0.6) is 5.75 Å². The Morgan fingerprint density at radius 3 is 2.68 bits per heavy atom. The second-order valence-electron chi connectivity index (χ2n) is 4.81. The van der Waals surface area contributed by atoms with E-state index < -0.39 is 4.92 Å². The third-order valence-electron chi connectivity index (χ3n) is 3.50. The number of hydrogen-bond acceptors (Lipinski definition) is 5. The van der Waals surface area contributed by atoms with Crippen molar-refractivity contribution in [1.29, 1.82) is 0 Å². The molecule has 0 aliphatic carbocycles. The number of non-ortho nitro benzene ring substituents is 1. The summed E-state index contributed by atoms with van der Waals surface area (Å²) in [5, 5.41) is 15.7. The van der Waals surface area contributed by atoms with Crippen LogP contribution in [0.4, 0.5) is 11.4 Å². The summed E-state index contributed by atoms with van der Waals surface area (Å²) >= 11 is 0. The third-order valence-corrected chi connectivity index (χ3v) is 3.50. The highest BCUT2D eigenvalue weighted by atomic mass is 16.6. The lowest BCUT2D eigenvalue weighted by molar-refractivity contribution is -0.384. The SMILES string of the molecule is CCOc1ccc2c(NC)c3cc([N+](=O)[O-])ccc3nc2c1. The van der Waals surface area contributed by atoms with E-state index >= 15 is 0 Å².